The Morgan fingerprint density at radius 3 is 1.49 bits per heavy atom. The molecule has 72 heavy (non-hydrogen) atoms. The van der Waals surface area contributed by atoms with Gasteiger partial charge in [-0.1, -0.05) is 143 Å². The van der Waals surface area contributed by atoms with Gasteiger partial charge in [-0.05, 0) is 116 Å². The van der Waals surface area contributed by atoms with Crippen LogP contribution in [0, 0.1) is 11.3 Å². The molecule has 0 atom stereocenters. The maximum atomic E-state index is 15.1. The van der Waals surface area contributed by atoms with Crippen molar-refractivity contribution in [3.8, 4) is 62.0 Å². The molecule has 0 aliphatic heterocycles. The van der Waals surface area contributed by atoms with Gasteiger partial charge in [0.15, 0.2) is 0 Å². The summed E-state index contributed by atoms with van der Waals surface area (Å²) in [7, 11) is 0. The summed E-state index contributed by atoms with van der Waals surface area (Å²) in [5, 5.41) is 15.3. The zero-order valence-corrected chi connectivity index (χ0v) is 39.4. The molecule has 13 rings (SSSR count). The van der Waals surface area contributed by atoms with E-state index >= 15 is 13.2 Å². The molecule has 3 nitrogen and oxygen atoms in total. The maximum Gasteiger partial charge on any atom is 0.417 e. The van der Waals surface area contributed by atoms with Crippen molar-refractivity contribution in [2.75, 3.05) is 0 Å². The monoisotopic (exact) mass is 953 g/mol. The van der Waals surface area contributed by atoms with Crippen LogP contribution < -0.4 is 0 Å². The summed E-state index contributed by atoms with van der Waals surface area (Å²) in [6.07, 6.45) is -10.2. The Hall–Kier alpha value is -8.35. The molecule has 9 heteroatoms. The van der Waals surface area contributed by atoms with Gasteiger partial charge in [-0.2, -0.15) is 31.6 Å². The van der Waals surface area contributed by atoms with Crippen molar-refractivity contribution in [2.45, 2.75) is 50.9 Å². The summed E-state index contributed by atoms with van der Waals surface area (Å²) < 4.78 is 92.0. The van der Waals surface area contributed by atoms with Crippen LogP contribution in [0.15, 0.2) is 176 Å². The molecule has 0 N–H and O–H groups in total. The number of nitrogens with zero attached hydrogens (tertiary/aromatic N) is 3. The van der Waals surface area contributed by atoms with Crippen molar-refractivity contribution in [1.82, 2.24) is 9.13 Å². The Kier molecular flexibility index (Phi) is 9.00. The smallest absolute Gasteiger partial charge is 0.309 e. The second-order valence-electron chi connectivity index (χ2n) is 20.1. The first kappa shape index (κ1) is 43.7. The zero-order chi connectivity index (χ0) is 49.8. The van der Waals surface area contributed by atoms with Crippen molar-refractivity contribution in [1.29, 1.82) is 5.26 Å². The van der Waals surface area contributed by atoms with Gasteiger partial charge in [0, 0.05) is 43.5 Å². The van der Waals surface area contributed by atoms with Crippen LogP contribution in [-0.2, 0) is 23.2 Å². The van der Waals surface area contributed by atoms with E-state index in [0.717, 1.165) is 77.5 Å². The molecule has 350 valence electrons. The highest BCUT2D eigenvalue weighted by Gasteiger charge is 2.41. The molecule has 0 saturated heterocycles. The summed E-state index contributed by atoms with van der Waals surface area (Å²) in [5.74, 6) is 0. The lowest BCUT2D eigenvalue weighted by atomic mass is 9.80. The highest BCUT2D eigenvalue weighted by molar-refractivity contribution is 6.17. The van der Waals surface area contributed by atoms with Crippen LogP contribution in [0.2, 0.25) is 0 Å². The third-order valence-corrected chi connectivity index (χ3v) is 15.6. The number of halogens is 6. The molecule has 0 unspecified atom stereocenters. The molecule has 11 aromatic rings. The highest BCUT2D eigenvalue weighted by Crippen LogP contribution is 2.56. The van der Waals surface area contributed by atoms with E-state index in [9.17, 15) is 18.4 Å². The lowest BCUT2D eigenvalue weighted by Gasteiger charge is -2.23. The Bertz CT molecular complexity index is 4210. The largest absolute Gasteiger partial charge is 0.417 e. The number of aromatic nitrogens is 2. The van der Waals surface area contributed by atoms with E-state index in [1.807, 2.05) is 54.6 Å². The van der Waals surface area contributed by atoms with Crippen LogP contribution in [0.3, 0.4) is 0 Å². The highest BCUT2D eigenvalue weighted by atomic mass is 19.4. The fourth-order valence-corrected chi connectivity index (χ4v) is 12.6. The van der Waals surface area contributed by atoms with Gasteiger partial charge in [0.05, 0.1) is 56.2 Å². The molecule has 0 saturated carbocycles. The van der Waals surface area contributed by atoms with Crippen molar-refractivity contribution < 1.29 is 26.3 Å². The topological polar surface area (TPSA) is 33.6 Å². The third-order valence-electron chi connectivity index (χ3n) is 15.6. The normalized spacial score (nSPS) is 14.5. The lowest BCUT2D eigenvalue weighted by molar-refractivity contribution is -0.142. The van der Waals surface area contributed by atoms with Crippen LogP contribution in [0.5, 0.6) is 0 Å². The first-order valence-corrected chi connectivity index (χ1v) is 23.8. The SMILES string of the molecule is CC1(C)c2ccccc2-c2ccc3c(c21)c1ccccc1n3-c1ccc(-c2ccc(C(F)(F)F)cc2C(F)(F)F)cc1-c1c(C#N)cccc1-n1c2ccccc2c2c3c(ccc21)-c1ccccc1C3(C)C. The molecule has 0 spiro atoms. The summed E-state index contributed by atoms with van der Waals surface area (Å²) in [6.45, 7) is 8.92. The van der Waals surface area contributed by atoms with Crippen LogP contribution in [0.25, 0.3) is 99.5 Å². The summed E-state index contributed by atoms with van der Waals surface area (Å²) >= 11 is 0. The first-order valence-electron chi connectivity index (χ1n) is 23.8. The van der Waals surface area contributed by atoms with E-state index in [1.165, 1.54) is 16.7 Å². The van der Waals surface area contributed by atoms with E-state index in [0.29, 0.717) is 28.6 Å². The molecular weight excluding hydrogens is 913 g/mol. The van der Waals surface area contributed by atoms with Gasteiger partial charge < -0.3 is 9.13 Å². The van der Waals surface area contributed by atoms with E-state index in [1.54, 1.807) is 24.3 Å². The minimum atomic E-state index is -5.14. The molecule has 0 fully saturated rings. The minimum absolute atomic E-state index is 0.0336. The van der Waals surface area contributed by atoms with E-state index in [-0.39, 0.29) is 22.6 Å². The summed E-state index contributed by atoms with van der Waals surface area (Å²) in [4.78, 5) is 0. The van der Waals surface area contributed by atoms with Crippen LogP contribution in [0.1, 0.15) is 66.6 Å². The molecular formula is C63H41F6N3. The Morgan fingerprint density at radius 2 is 0.944 bits per heavy atom. The average molecular weight is 954 g/mol. The van der Waals surface area contributed by atoms with Gasteiger partial charge in [0.25, 0.3) is 0 Å². The molecule has 9 aromatic carbocycles. The number of nitriles is 1. The third kappa shape index (κ3) is 5.92. The Balaban J connectivity index is 1.16. The lowest BCUT2D eigenvalue weighted by Crippen LogP contribution is -2.15. The van der Waals surface area contributed by atoms with Gasteiger partial charge in [-0.3, -0.25) is 0 Å². The van der Waals surface area contributed by atoms with Crippen molar-refractivity contribution in [2.24, 2.45) is 0 Å². The van der Waals surface area contributed by atoms with Crippen molar-refractivity contribution in [3.05, 3.63) is 215 Å². The van der Waals surface area contributed by atoms with Gasteiger partial charge in [0.1, 0.15) is 0 Å². The molecule has 0 amide bonds. The van der Waals surface area contributed by atoms with Crippen molar-refractivity contribution >= 4 is 43.6 Å². The fraction of sp³-hybridized carbons (Fsp3) is 0.127. The minimum Gasteiger partial charge on any atom is -0.309 e. The second kappa shape index (κ2) is 14.8. The van der Waals surface area contributed by atoms with Crippen LogP contribution >= 0.6 is 0 Å². The summed E-state index contributed by atoms with van der Waals surface area (Å²) in [5.41, 5.74) is 11.0. The predicted molar refractivity (Wildman–Crippen MR) is 276 cm³/mol. The van der Waals surface area contributed by atoms with Gasteiger partial charge >= 0.3 is 12.4 Å². The predicted octanol–water partition coefficient (Wildman–Crippen LogP) is 17.7. The molecule has 2 aliphatic rings. The number of benzene rings is 9. The average Bonchev–Trinajstić information content (AvgIpc) is 4.04. The molecule has 0 radical (unpaired) electrons. The number of rotatable bonds is 4. The fourth-order valence-electron chi connectivity index (χ4n) is 12.6. The standard InChI is InChI=1S/C63H41F6N3/c1-60(2)46-19-9-5-15-39(46)41-27-30-53-56(58(41)60)43-17-7-11-21-49(43)71(53)51-29-24-35(38-26-25-37(62(64,65)66)33-48(38)63(67,68)69)32-45(51)55-36(34-70)14-13-23-52(55)72-50-22-12-8-18-44(50)57-54(72)31-28-42-40-16-6-10-20-47(40)61(3,4)59(42)57/h5-33H,1-4H3. The number of hydrogen-bond donors (Lipinski definition) is 0. The van der Waals surface area contributed by atoms with Crippen molar-refractivity contribution in [3.63, 3.8) is 0 Å². The van der Waals surface area contributed by atoms with Crippen LogP contribution in [0.4, 0.5) is 26.3 Å². The van der Waals surface area contributed by atoms with E-state index in [4.69, 9.17) is 0 Å². The first-order chi connectivity index (χ1) is 34.5. The molecule has 2 aliphatic carbocycles. The number of hydrogen-bond acceptors (Lipinski definition) is 1. The second-order valence-corrected chi connectivity index (χ2v) is 20.1. The van der Waals surface area contributed by atoms with E-state index < -0.39 is 34.5 Å². The molecule has 2 heterocycles. The molecule has 0 bridgehead atoms. The maximum absolute atomic E-state index is 15.1. The van der Waals surface area contributed by atoms with Gasteiger partial charge in [-0.25, -0.2) is 0 Å². The Morgan fingerprint density at radius 1 is 0.431 bits per heavy atom. The van der Waals surface area contributed by atoms with Gasteiger partial charge in [-0.15, -0.1) is 0 Å². The quantitative estimate of drug-likeness (QED) is 0.162. The summed E-state index contributed by atoms with van der Waals surface area (Å²) in [6, 6.07) is 56.1. The Labute approximate surface area is 410 Å². The van der Waals surface area contributed by atoms with Crippen LogP contribution in [-0.4, -0.2) is 9.13 Å². The molecule has 2 aromatic heterocycles. The zero-order valence-electron chi connectivity index (χ0n) is 39.4. The van der Waals surface area contributed by atoms with Gasteiger partial charge in [0.2, 0.25) is 0 Å². The number of alkyl halides is 6. The number of fused-ring (bicyclic) bond motifs is 14. The number of para-hydroxylation sites is 2. The van der Waals surface area contributed by atoms with E-state index in [2.05, 4.69) is 122 Å².